The molecule has 0 bridgehead atoms. The maximum Gasteiger partial charge on any atom is 0.253 e. The Kier molecular flexibility index (Phi) is 4.73. The number of aryl methyl sites for hydroxylation is 1. The van der Waals surface area contributed by atoms with Crippen molar-refractivity contribution in [3.8, 4) is 5.69 Å². The summed E-state index contributed by atoms with van der Waals surface area (Å²) in [5, 5.41) is 7.12. The Bertz CT molecular complexity index is 853. The van der Waals surface area contributed by atoms with Crippen molar-refractivity contribution < 1.29 is 4.79 Å². The molecular formula is C18H18ClN3OS. The minimum atomic E-state index is 0.00125. The van der Waals surface area contributed by atoms with E-state index < -0.39 is 0 Å². The van der Waals surface area contributed by atoms with Crippen molar-refractivity contribution >= 4 is 28.8 Å². The summed E-state index contributed by atoms with van der Waals surface area (Å²) in [5.41, 5.74) is 3.23. The van der Waals surface area contributed by atoms with E-state index in [4.69, 9.17) is 11.6 Å². The number of thiophene rings is 1. The van der Waals surface area contributed by atoms with Gasteiger partial charge in [-0.15, -0.1) is 11.3 Å². The molecule has 0 aliphatic rings. The fourth-order valence-electron chi connectivity index (χ4n) is 2.55. The first-order valence-electron chi connectivity index (χ1n) is 7.57. The van der Waals surface area contributed by atoms with Gasteiger partial charge in [-0.05, 0) is 49.6 Å². The van der Waals surface area contributed by atoms with Gasteiger partial charge in [0.25, 0.3) is 5.91 Å². The van der Waals surface area contributed by atoms with E-state index in [1.807, 2.05) is 62.7 Å². The van der Waals surface area contributed by atoms with Crippen molar-refractivity contribution in [1.29, 1.82) is 0 Å². The van der Waals surface area contributed by atoms with Crippen molar-refractivity contribution in [3.63, 3.8) is 0 Å². The van der Waals surface area contributed by atoms with Gasteiger partial charge in [0.1, 0.15) is 0 Å². The first kappa shape index (κ1) is 16.7. The molecule has 4 nitrogen and oxygen atoms in total. The van der Waals surface area contributed by atoms with Gasteiger partial charge in [0, 0.05) is 17.5 Å². The summed E-state index contributed by atoms with van der Waals surface area (Å²) in [5.74, 6) is 0.00125. The van der Waals surface area contributed by atoms with Crippen LogP contribution in [0.5, 0.6) is 0 Å². The van der Waals surface area contributed by atoms with Crippen molar-refractivity contribution in [2.75, 3.05) is 7.05 Å². The highest BCUT2D eigenvalue weighted by Crippen LogP contribution is 2.22. The van der Waals surface area contributed by atoms with Crippen molar-refractivity contribution in [2.45, 2.75) is 20.4 Å². The van der Waals surface area contributed by atoms with Crippen molar-refractivity contribution in [1.82, 2.24) is 14.7 Å². The van der Waals surface area contributed by atoms with Gasteiger partial charge >= 0.3 is 0 Å². The molecule has 0 aliphatic heterocycles. The zero-order valence-corrected chi connectivity index (χ0v) is 15.4. The minimum Gasteiger partial charge on any atom is -0.337 e. The Hall–Kier alpha value is -2.11. The number of hydrogen-bond acceptors (Lipinski definition) is 3. The third kappa shape index (κ3) is 3.23. The first-order valence-corrected chi connectivity index (χ1v) is 8.83. The molecule has 0 N–H and O–H groups in total. The average Bonchev–Trinajstić information content (AvgIpc) is 3.18. The number of rotatable bonds is 4. The van der Waals surface area contributed by atoms with Crippen LogP contribution in [0.4, 0.5) is 0 Å². The van der Waals surface area contributed by atoms with E-state index in [-0.39, 0.29) is 5.91 Å². The second kappa shape index (κ2) is 6.79. The molecule has 0 aliphatic carbocycles. The van der Waals surface area contributed by atoms with Gasteiger partial charge in [0.05, 0.1) is 28.6 Å². The fraction of sp³-hybridized carbons (Fsp3) is 0.222. The molecule has 1 aromatic carbocycles. The molecule has 6 heteroatoms. The highest BCUT2D eigenvalue weighted by atomic mass is 35.5. The summed E-state index contributed by atoms with van der Waals surface area (Å²) in [6.07, 6.45) is 0. The lowest BCUT2D eigenvalue weighted by Crippen LogP contribution is -2.25. The fourth-order valence-corrected chi connectivity index (χ4v) is 3.42. The molecule has 2 aromatic heterocycles. The van der Waals surface area contributed by atoms with E-state index >= 15 is 0 Å². The van der Waals surface area contributed by atoms with E-state index in [1.54, 1.807) is 20.9 Å². The molecule has 0 fully saturated rings. The normalized spacial score (nSPS) is 10.8. The van der Waals surface area contributed by atoms with E-state index in [0.29, 0.717) is 17.1 Å². The van der Waals surface area contributed by atoms with Crippen LogP contribution < -0.4 is 0 Å². The van der Waals surface area contributed by atoms with Crippen LogP contribution in [0, 0.1) is 13.8 Å². The third-order valence-corrected chi connectivity index (χ3v) is 5.29. The SMILES string of the molecule is Cc1nn(-c2ccc(C(=O)N(C)Cc3cccs3)cc2)c(C)c1Cl. The number of carbonyl (C=O) groups excluding carboxylic acids is 1. The number of carbonyl (C=O) groups is 1. The summed E-state index contributed by atoms with van der Waals surface area (Å²) in [4.78, 5) is 15.4. The van der Waals surface area contributed by atoms with Crippen LogP contribution in [0.25, 0.3) is 5.69 Å². The molecule has 24 heavy (non-hydrogen) atoms. The zero-order valence-electron chi connectivity index (χ0n) is 13.8. The second-order valence-corrected chi connectivity index (χ2v) is 7.09. The van der Waals surface area contributed by atoms with E-state index in [0.717, 1.165) is 17.1 Å². The molecule has 0 saturated heterocycles. The topological polar surface area (TPSA) is 38.1 Å². The highest BCUT2D eigenvalue weighted by Gasteiger charge is 2.14. The quantitative estimate of drug-likeness (QED) is 0.689. The van der Waals surface area contributed by atoms with Gasteiger partial charge < -0.3 is 4.90 Å². The molecule has 1 amide bonds. The molecule has 0 radical (unpaired) electrons. The maximum atomic E-state index is 12.5. The lowest BCUT2D eigenvalue weighted by molar-refractivity contribution is 0.0786. The Morgan fingerprint density at radius 2 is 1.96 bits per heavy atom. The van der Waals surface area contributed by atoms with E-state index in [1.165, 1.54) is 4.88 Å². The van der Waals surface area contributed by atoms with Gasteiger partial charge in [-0.1, -0.05) is 17.7 Å². The predicted molar refractivity (Wildman–Crippen MR) is 98.2 cm³/mol. The van der Waals surface area contributed by atoms with E-state index in [9.17, 15) is 4.79 Å². The number of nitrogens with zero attached hydrogens (tertiary/aromatic N) is 3. The lowest BCUT2D eigenvalue weighted by Gasteiger charge is -2.16. The van der Waals surface area contributed by atoms with Gasteiger partial charge in [-0.2, -0.15) is 5.10 Å². The number of halogens is 1. The van der Waals surface area contributed by atoms with Crippen LogP contribution in [0.3, 0.4) is 0 Å². The molecule has 0 unspecified atom stereocenters. The summed E-state index contributed by atoms with van der Waals surface area (Å²) < 4.78 is 1.79. The zero-order chi connectivity index (χ0) is 17.3. The summed E-state index contributed by atoms with van der Waals surface area (Å²) in [6.45, 7) is 4.42. The van der Waals surface area contributed by atoms with Crippen LogP contribution in [0.15, 0.2) is 41.8 Å². The molecule has 3 aromatic rings. The van der Waals surface area contributed by atoms with Gasteiger partial charge in [-0.3, -0.25) is 4.79 Å². The Morgan fingerprint density at radius 1 is 1.25 bits per heavy atom. The standard InChI is InChI=1S/C18H18ClN3OS/c1-12-17(19)13(2)22(20-12)15-8-6-14(7-9-15)18(23)21(3)11-16-5-4-10-24-16/h4-10H,11H2,1-3H3. The molecule has 3 rings (SSSR count). The van der Waals surface area contributed by atoms with Crippen molar-refractivity contribution in [3.05, 3.63) is 68.6 Å². The van der Waals surface area contributed by atoms with Gasteiger partial charge in [-0.25, -0.2) is 4.68 Å². The summed E-state index contributed by atoms with van der Waals surface area (Å²) in [7, 11) is 1.82. The van der Waals surface area contributed by atoms with Gasteiger partial charge in [0.15, 0.2) is 0 Å². The Balaban J connectivity index is 1.78. The second-order valence-electron chi connectivity index (χ2n) is 5.68. The first-order chi connectivity index (χ1) is 11.5. The molecule has 0 saturated carbocycles. The Labute approximate surface area is 150 Å². The number of benzene rings is 1. The number of amides is 1. The molecular weight excluding hydrogens is 342 g/mol. The van der Waals surface area contributed by atoms with Gasteiger partial charge in [0.2, 0.25) is 0 Å². The molecule has 0 atom stereocenters. The number of aromatic nitrogens is 2. The third-order valence-electron chi connectivity index (χ3n) is 3.88. The molecule has 2 heterocycles. The molecule has 0 spiro atoms. The smallest absolute Gasteiger partial charge is 0.253 e. The van der Waals surface area contributed by atoms with Crippen LogP contribution in [-0.4, -0.2) is 27.6 Å². The van der Waals surface area contributed by atoms with E-state index in [2.05, 4.69) is 5.10 Å². The average molecular weight is 360 g/mol. The van der Waals surface area contributed by atoms with Crippen LogP contribution >= 0.6 is 22.9 Å². The maximum absolute atomic E-state index is 12.5. The largest absolute Gasteiger partial charge is 0.337 e. The lowest BCUT2D eigenvalue weighted by atomic mass is 10.2. The number of hydrogen-bond donors (Lipinski definition) is 0. The summed E-state index contributed by atoms with van der Waals surface area (Å²) >= 11 is 7.85. The van der Waals surface area contributed by atoms with Crippen LogP contribution in [-0.2, 0) is 6.54 Å². The predicted octanol–water partition coefficient (Wildman–Crippen LogP) is 4.48. The highest BCUT2D eigenvalue weighted by molar-refractivity contribution is 7.09. The minimum absolute atomic E-state index is 0.00125. The van der Waals surface area contributed by atoms with Crippen LogP contribution in [0.2, 0.25) is 5.02 Å². The van der Waals surface area contributed by atoms with Crippen molar-refractivity contribution in [2.24, 2.45) is 0 Å². The molecule has 124 valence electrons. The monoisotopic (exact) mass is 359 g/mol. The van der Waals surface area contributed by atoms with Crippen LogP contribution in [0.1, 0.15) is 26.6 Å². The Morgan fingerprint density at radius 3 is 2.50 bits per heavy atom. The summed E-state index contributed by atoms with van der Waals surface area (Å²) in [6, 6.07) is 11.5.